The van der Waals surface area contributed by atoms with Crippen LogP contribution in [0.4, 0.5) is 39.5 Å². The van der Waals surface area contributed by atoms with Gasteiger partial charge in [0.15, 0.2) is 6.61 Å². The zero-order valence-electron chi connectivity index (χ0n) is 27.2. The van der Waals surface area contributed by atoms with Gasteiger partial charge in [0.25, 0.3) is 6.10 Å². The van der Waals surface area contributed by atoms with E-state index in [2.05, 4.69) is 43.0 Å². The number of rotatable bonds is 16. The van der Waals surface area contributed by atoms with Crippen LogP contribution < -0.4 is 0 Å². The molecular weight excluding hydrogens is 663 g/mol. The Bertz CT molecular complexity index is 1040. The number of carbonyl (C=O) groups is 4. The molecular formula is C28H43F9O8Si. The van der Waals surface area contributed by atoms with Crippen molar-refractivity contribution in [3.8, 4) is 0 Å². The zero-order valence-corrected chi connectivity index (χ0v) is 28.2. The Kier molecular flexibility index (Phi) is 15.2. The van der Waals surface area contributed by atoms with E-state index in [4.69, 9.17) is 9.47 Å². The SMILES string of the molecule is CC(=O)OC(C)(CC(C)OC(=O)CCCC(C)(C)[Si](C)(C)C)CC(C(=O)OCC(F)(F)F)C(C)C(=O)OC(C(F)(F)F)C(F)(F)F. The Morgan fingerprint density at radius 3 is 1.67 bits per heavy atom. The monoisotopic (exact) mass is 706 g/mol. The number of carbonyl (C=O) groups excluding carboxylic acids is 4. The van der Waals surface area contributed by atoms with Crippen molar-refractivity contribution < 1.29 is 77.6 Å². The van der Waals surface area contributed by atoms with Crippen LogP contribution in [-0.2, 0) is 38.1 Å². The molecule has 4 atom stereocenters. The van der Waals surface area contributed by atoms with E-state index in [1.165, 1.54) is 6.92 Å². The topological polar surface area (TPSA) is 105 Å². The summed E-state index contributed by atoms with van der Waals surface area (Å²) in [6, 6.07) is 0. The van der Waals surface area contributed by atoms with E-state index >= 15 is 0 Å². The van der Waals surface area contributed by atoms with E-state index in [0.717, 1.165) is 20.3 Å². The van der Waals surface area contributed by atoms with Crippen molar-refractivity contribution in [2.24, 2.45) is 11.8 Å². The number of ether oxygens (including phenoxy) is 4. The van der Waals surface area contributed by atoms with Crippen molar-refractivity contribution in [2.75, 3.05) is 6.61 Å². The van der Waals surface area contributed by atoms with Crippen molar-refractivity contribution >= 4 is 32.0 Å². The predicted molar refractivity (Wildman–Crippen MR) is 148 cm³/mol. The van der Waals surface area contributed by atoms with Crippen LogP contribution in [0.1, 0.15) is 73.6 Å². The lowest BCUT2D eigenvalue weighted by Crippen LogP contribution is -2.48. The van der Waals surface area contributed by atoms with Crippen molar-refractivity contribution in [3.05, 3.63) is 0 Å². The molecule has 18 heteroatoms. The van der Waals surface area contributed by atoms with Gasteiger partial charge in [-0.3, -0.25) is 19.2 Å². The van der Waals surface area contributed by atoms with Crippen molar-refractivity contribution in [3.63, 3.8) is 0 Å². The second-order valence-corrected chi connectivity index (χ2v) is 19.1. The molecule has 4 unspecified atom stereocenters. The summed E-state index contributed by atoms with van der Waals surface area (Å²) in [6.45, 7) is 12.6. The minimum Gasteiger partial charge on any atom is -0.462 e. The summed E-state index contributed by atoms with van der Waals surface area (Å²) in [5.74, 6) is -10.2. The Labute approximate surface area is 263 Å². The van der Waals surface area contributed by atoms with Gasteiger partial charge in [-0.15, -0.1) is 0 Å². The number of alkyl halides is 9. The van der Waals surface area contributed by atoms with Crippen LogP contribution in [-0.4, -0.2) is 74.9 Å². The van der Waals surface area contributed by atoms with Gasteiger partial charge in [-0.2, -0.15) is 39.5 Å². The zero-order chi connectivity index (χ0) is 36.7. The summed E-state index contributed by atoms with van der Waals surface area (Å²) in [6.07, 6.45) is -23.2. The molecule has 270 valence electrons. The normalized spacial score (nSPS) is 16.6. The van der Waals surface area contributed by atoms with Gasteiger partial charge in [-0.25, -0.2) is 0 Å². The van der Waals surface area contributed by atoms with E-state index in [-0.39, 0.29) is 11.5 Å². The molecule has 0 amide bonds. The molecule has 0 saturated carbocycles. The molecule has 0 radical (unpaired) electrons. The molecule has 0 rings (SSSR count). The van der Waals surface area contributed by atoms with E-state index in [1.807, 2.05) is 0 Å². The van der Waals surface area contributed by atoms with Gasteiger partial charge in [0.2, 0.25) is 0 Å². The first-order chi connectivity index (χ1) is 20.3. The third-order valence-electron chi connectivity index (χ3n) is 7.79. The lowest BCUT2D eigenvalue weighted by atomic mass is 9.81. The van der Waals surface area contributed by atoms with Crippen molar-refractivity contribution in [1.82, 2.24) is 0 Å². The van der Waals surface area contributed by atoms with Gasteiger partial charge < -0.3 is 18.9 Å². The molecule has 0 aliphatic rings. The highest BCUT2D eigenvalue weighted by Crippen LogP contribution is 2.42. The third-order valence-corrected chi connectivity index (χ3v) is 12.1. The average Bonchev–Trinajstić information content (AvgIpc) is 2.80. The lowest BCUT2D eigenvalue weighted by molar-refractivity contribution is -0.314. The average molecular weight is 707 g/mol. The van der Waals surface area contributed by atoms with E-state index in [9.17, 15) is 58.7 Å². The second kappa shape index (κ2) is 16.0. The molecule has 0 aromatic heterocycles. The second-order valence-electron chi connectivity index (χ2n) is 13.3. The number of hydrogen-bond acceptors (Lipinski definition) is 8. The van der Waals surface area contributed by atoms with Gasteiger partial charge in [-0.05, 0) is 31.7 Å². The van der Waals surface area contributed by atoms with E-state index < -0.39 is 99.6 Å². The smallest absolute Gasteiger partial charge is 0.434 e. The van der Waals surface area contributed by atoms with E-state index in [0.29, 0.717) is 13.3 Å². The molecule has 0 aromatic rings. The molecule has 0 aromatic carbocycles. The highest BCUT2D eigenvalue weighted by Gasteiger charge is 2.60. The van der Waals surface area contributed by atoms with Crippen LogP contribution in [0.3, 0.4) is 0 Å². The van der Waals surface area contributed by atoms with Gasteiger partial charge >= 0.3 is 42.4 Å². The highest BCUT2D eigenvalue weighted by molar-refractivity contribution is 6.79. The minimum absolute atomic E-state index is 0.000585. The Morgan fingerprint density at radius 2 is 1.26 bits per heavy atom. The summed E-state index contributed by atoms with van der Waals surface area (Å²) < 4.78 is 135. The van der Waals surface area contributed by atoms with Crippen LogP contribution in [0.25, 0.3) is 0 Å². The van der Waals surface area contributed by atoms with Gasteiger partial charge in [0, 0.05) is 34.3 Å². The minimum atomic E-state index is -6.12. The number of halogens is 9. The quantitative estimate of drug-likeness (QED) is 0.0696. The highest BCUT2D eigenvalue weighted by atomic mass is 28.3. The fourth-order valence-corrected chi connectivity index (χ4v) is 5.32. The Morgan fingerprint density at radius 1 is 0.761 bits per heavy atom. The molecule has 0 heterocycles. The molecule has 46 heavy (non-hydrogen) atoms. The van der Waals surface area contributed by atoms with Crippen LogP contribution in [0.5, 0.6) is 0 Å². The summed E-state index contributed by atoms with van der Waals surface area (Å²) >= 11 is 0. The van der Waals surface area contributed by atoms with Crippen LogP contribution >= 0.6 is 0 Å². The van der Waals surface area contributed by atoms with E-state index in [1.54, 1.807) is 0 Å². The largest absolute Gasteiger partial charge is 0.462 e. The summed E-state index contributed by atoms with van der Waals surface area (Å²) in [7, 11) is -1.57. The third kappa shape index (κ3) is 15.4. The molecule has 0 spiro atoms. The maximum absolute atomic E-state index is 13.0. The van der Waals surface area contributed by atoms with Gasteiger partial charge in [0.1, 0.15) is 11.7 Å². The molecule has 0 N–H and O–H groups in total. The Balaban J connectivity index is 6.11. The number of esters is 4. The standard InChI is InChI=1S/C28H43F9O8Si/c1-16(43-20(39)11-10-12-24(4,5)46(7,8)9)13-25(6,45-18(3)38)14-19(22(41)42-15-26(29,30)31)17(2)21(40)44-23(27(32,33)34)28(35,36)37/h16-17,19,23H,10-15H2,1-9H3. The van der Waals surface area contributed by atoms with Crippen LogP contribution in [0, 0.1) is 11.8 Å². The van der Waals surface area contributed by atoms with Crippen molar-refractivity contribution in [1.29, 1.82) is 0 Å². The Hall–Kier alpha value is -2.53. The molecule has 0 aliphatic heterocycles. The molecule has 0 aliphatic carbocycles. The maximum atomic E-state index is 13.0. The van der Waals surface area contributed by atoms with Gasteiger partial charge in [0.05, 0.1) is 11.8 Å². The fraction of sp³-hybridized carbons (Fsp3) is 0.857. The maximum Gasteiger partial charge on any atom is 0.434 e. The molecule has 0 fully saturated rings. The summed E-state index contributed by atoms with van der Waals surface area (Å²) in [5.41, 5.74) is -1.95. The molecule has 8 nitrogen and oxygen atoms in total. The summed E-state index contributed by atoms with van der Waals surface area (Å²) in [5, 5.41) is 0.000585. The molecule has 0 bridgehead atoms. The van der Waals surface area contributed by atoms with Gasteiger partial charge in [-0.1, -0.05) is 40.4 Å². The van der Waals surface area contributed by atoms with Crippen LogP contribution in [0.2, 0.25) is 24.7 Å². The predicted octanol–water partition coefficient (Wildman–Crippen LogP) is 7.70. The fourth-order valence-electron chi connectivity index (χ4n) is 4.39. The van der Waals surface area contributed by atoms with Crippen LogP contribution in [0.15, 0.2) is 0 Å². The first kappa shape index (κ1) is 43.5. The summed E-state index contributed by atoms with van der Waals surface area (Å²) in [4.78, 5) is 49.6. The first-order valence-corrected chi connectivity index (χ1v) is 17.8. The lowest BCUT2D eigenvalue weighted by Gasteiger charge is -2.37. The van der Waals surface area contributed by atoms with Crippen molar-refractivity contribution in [2.45, 2.75) is 135 Å². The number of hydrogen-bond donors (Lipinski definition) is 0. The first-order valence-electron chi connectivity index (χ1n) is 14.3. The molecule has 0 saturated heterocycles.